The van der Waals surface area contributed by atoms with Crippen molar-refractivity contribution in [3.8, 4) is 5.75 Å². The number of fused-ring (bicyclic) bond motifs is 1. The first-order valence-electron chi connectivity index (χ1n) is 12.4. The molecule has 188 valence electrons. The normalized spacial score (nSPS) is 21.8. The molecule has 2 aliphatic rings. The van der Waals surface area contributed by atoms with Crippen LogP contribution in [0.2, 0.25) is 0 Å². The number of hydrogen-bond donors (Lipinski definition) is 2. The summed E-state index contributed by atoms with van der Waals surface area (Å²) >= 11 is 0. The third-order valence-corrected chi connectivity index (χ3v) is 6.36. The molecule has 2 amide bonds. The molecule has 34 heavy (non-hydrogen) atoms. The lowest BCUT2D eigenvalue weighted by Gasteiger charge is -2.29. The second kappa shape index (κ2) is 11.6. The maximum Gasteiger partial charge on any atom is 0.410 e. The zero-order valence-corrected chi connectivity index (χ0v) is 20.5. The lowest BCUT2D eigenvalue weighted by atomic mass is 9.78. The molecule has 0 spiro atoms. The molecule has 3 rings (SSSR count). The minimum absolute atomic E-state index is 0.121. The minimum atomic E-state index is -0.885. The van der Waals surface area contributed by atoms with Crippen LogP contribution in [0, 0.1) is 11.8 Å². The zero-order chi connectivity index (χ0) is 24.7. The summed E-state index contributed by atoms with van der Waals surface area (Å²) < 4.78 is 11.6. The van der Waals surface area contributed by atoms with E-state index in [-0.39, 0.29) is 18.1 Å². The average molecular weight is 475 g/mol. The summed E-state index contributed by atoms with van der Waals surface area (Å²) in [6.45, 7) is 6.90. The largest absolute Gasteiger partial charge is 0.488 e. The second-order valence-corrected chi connectivity index (χ2v) is 10.3. The van der Waals surface area contributed by atoms with Gasteiger partial charge in [0, 0.05) is 19.5 Å². The predicted octanol–water partition coefficient (Wildman–Crippen LogP) is 4.01. The first-order chi connectivity index (χ1) is 16.1. The van der Waals surface area contributed by atoms with E-state index in [1.54, 1.807) is 4.90 Å². The Kier molecular flexibility index (Phi) is 8.80. The average Bonchev–Trinajstić information content (AvgIpc) is 3.19. The van der Waals surface area contributed by atoms with Crippen LogP contribution < -0.4 is 10.1 Å². The van der Waals surface area contributed by atoms with E-state index in [4.69, 9.17) is 9.47 Å². The number of ether oxygens (including phenoxy) is 2. The van der Waals surface area contributed by atoms with Gasteiger partial charge in [-0.25, -0.2) is 4.79 Å². The van der Waals surface area contributed by atoms with E-state index in [2.05, 4.69) is 5.32 Å². The maximum absolute atomic E-state index is 12.8. The van der Waals surface area contributed by atoms with Gasteiger partial charge >= 0.3 is 12.1 Å². The molecular weight excluding hydrogens is 436 g/mol. The van der Waals surface area contributed by atoms with Crippen molar-refractivity contribution in [3.05, 3.63) is 29.8 Å². The second-order valence-electron chi connectivity index (χ2n) is 10.3. The lowest BCUT2D eigenvalue weighted by molar-refractivity contribution is -0.148. The number of para-hydroxylation sites is 1. The highest BCUT2D eigenvalue weighted by Crippen LogP contribution is 2.31. The molecule has 1 aliphatic carbocycles. The third kappa shape index (κ3) is 7.37. The lowest BCUT2D eigenvalue weighted by Crippen LogP contribution is -2.43. The summed E-state index contributed by atoms with van der Waals surface area (Å²) in [4.78, 5) is 38.5. The number of carbonyl (C=O) groups excluding carboxylic acids is 2. The van der Waals surface area contributed by atoms with Crippen molar-refractivity contribution in [2.75, 3.05) is 19.6 Å². The van der Waals surface area contributed by atoms with E-state index < -0.39 is 23.4 Å². The number of carbonyl (C=O) groups is 3. The predicted molar refractivity (Wildman–Crippen MR) is 128 cm³/mol. The number of rotatable bonds is 9. The third-order valence-electron chi connectivity index (χ3n) is 6.36. The summed E-state index contributed by atoms with van der Waals surface area (Å²) in [5.74, 6) is -1.24. The fraction of sp³-hybridized carbons (Fsp3) is 0.654. The molecule has 2 N–H and O–H groups in total. The molecule has 1 heterocycles. The van der Waals surface area contributed by atoms with Crippen LogP contribution in [0.3, 0.4) is 0 Å². The molecule has 1 aromatic carbocycles. The fourth-order valence-corrected chi connectivity index (χ4v) is 4.70. The van der Waals surface area contributed by atoms with E-state index in [1.807, 2.05) is 45.0 Å². The van der Waals surface area contributed by atoms with E-state index >= 15 is 0 Å². The number of benzene rings is 1. The van der Waals surface area contributed by atoms with E-state index in [1.165, 1.54) is 0 Å². The van der Waals surface area contributed by atoms with Crippen molar-refractivity contribution in [2.24, 2.45) is 11.8 Å². The van der Waals surface area contributed by atoms with Crippen LogP contribution in [-0.2, 0) is 20.7 Å². The van der Waals surface area contributed by atoms with Gasteiger partial charge in [-0.1, -0.05) is 31.0 Å². The van der Waals surface area contributed by atoms with Gasteiger partial charge in [0.25, 0.3) is 0 Å². The van der Waals surface area contributed by atoms with E-state index in [0.29, 0.717) is 45.3 Å². The number of carboxylic acids is 1. The highest BCUT2D eigenvalue weighted by atomic mass is 16.6. The molecule has 0 aromatic heterocycles. The van der Waals surface area contributed by atoms with Gasteiger partial charge in [-0.05, 0) is 58.1 Å². The van der Waals surface area contributed by atoms with Gasteiger partial charge in [0.1, 0.15) is 17.5 Å². The molecule has 1 aliphatic heterocycles. The molecule has 0 saturated heterocycles. The number of hydrogen-bond acceptors (Lipinski definition) is 5. The Balaban J connectivity index is 1.47. The number of amides is 2. The number of nitrogens with zero attached hydrogens (tertiary/aromatic N) is 1. The van der Waals surface area contributed by atoms with Crippen LogP contribution in [0.5, 0.6) is 5.75 Å². The minimum Gasteiger partial charge on any atom is -0.488 e. The van der Waals surface area contributed by atoms with Crippen molar-refractivity contribution in [1.29, 1.82) is 0 Å². The van der Waals surface area contributed by atoms with Gasteiger partial charge in [0.05, 0.1) is 18.4 Å². The quantitative estimate of drug-likeness (QED) is 0.524. The Labute approximate surface area is 202 Å². The summed E-state index contributed by atoms with van der Waals surface area (Å²) in [7, 11) is 0. The molecule has 3 atom stereocenters. The smallest absolute Gasteiger partial charge is 0.410 e. The summed E-state index contributed by atoms with van der Waals surface area (Å²) in [5.41, 5.74) is 0.547. The SMILES string of the molecule is CC(C)(C)OC(=O)N(CCCCNC(=O)[C@H]1CCCC[C@H]1C(=O)O)CC1Cc2ccccc2O1. The standard InChI is InChI=1S/C26H38N2O6/c1-26(2,3)34-25(32)28(17-19-16-18-10-4-7-13-22(18)33-19)15-9-8-14-27-23(29)20-11-5-6-12-21(20)24(30)31/h4,7,10,13,19-21H,5-6,8-9,11-12,14-17H2,1-3H3,(H,27,29)(H,30,31)/t19?,20-,21+/m0/s1. The number of aliphatic carboxylic acids is 1. The van der Waals surface area contributed by atoms with Crippen molar-refractivity contribution in [2.45, 2.75) is 77.4 Å². The highest BCUT2D eigenvalue weighted by molar-refractivity contribution is 5.84. The Bertz CT molecular complexity index is 840. The topological polar surface area (TPSA) is 105 Å². The summed E-state index contributed by atoms with van der Waals surface area (Å²) in [6, 6.07) is 7.90. The van der Waals surface area contributed by atoms with Gasteiger partial charge in [-0.2, -0.15) is 0 Å². The number of nitrogens with one attached hydrogen (secondary N) is 1. The van der Waals surface area contributed by atoms with Crippen molar-refractivity contribution in [3.63, 3.8) is 0 Å². The van der Waals surface area contributed by atoms with Crippen molar-refractivity contribution < 1.29 is 29.0 Å². The maximum atomic E-state index is 12.8. The molecule has 0 bridgehead atoms. The van der Waals surface area contributed by atoms with Crippen LogP contribution in [0.15, 0.2) is 24.3 Å². The Morgan fingerprint density at radius 1 is 1.12 bits per heavy atom. The Morgan fingerprint density at radius 2 is 1.82 bits per heavy atom. The van der Waals surface area contributed by atoms with Crippen molar-refractivity contribution in [1.82, 2.24) is 10.2 Å². The first kappa shape index (κ1) is 25.8. The summed E-state index contributed by atoms with van der Waals surface area (Å²) in [5, 5.41) is 12.3. The van der Waals surface area contributed by atoms with Crippen molar-refractivity contribution >= 4 is 18.0 Å². The van der Waals surface area contributed by atoms with E-state index in [0.717, 1.165) is 30.6 Å². The highest BCUT2D eigenvalue weighted by Gasteiger charge is 2.35. The van der Waals surface area contributed by atoms with Crippen LogP contribution in [0.25, 0.3) is 0 Å². The van der Waals surface area contributed by atoms with Gasteiger partial charge < -0.3 is 24.8 Å². The van der Waals surface area contributed by atoms with E-state index in [9.17, 15) is 19.5 Å². The first-order valence-corrected chi connectivity index (χ1v) is 12.4. The molecule has 1 saturated carbocycles. The molecule has 8 heteroatoms. The zero-order valence-electron chi connectivity index (χ0n) is 20.5. The molecule has 1 fully saturated rings. The molecule has 0 radical (unpaired) electrons. The molecule has 1 aromatic rings. The Hall–Kier alpha value is -2.77. The van der Waals surface area contributed by atoms with Crippen LogP contribution in [-0.4, -0.2) is 59.3 Å². The Morgan fingerprint density at radius 3 is 2.50 bits per heavy atom. The van der Waals surface area contributed by atoms with Gasteiger partial charge in [-0.3, -0.25) is 9.59 Å². The van der Waals surface area contributed by atoms with Crippen LogP contribution in [0.1, 0.15) is 64.9 Å². The van der Waals surface area contributed by atoms with Crippen LogP contribution in [0.4, 0.5) is 4.79 Å². The molecule has 8 nitrogen and oxygen atoms in total. The number of unbranched alkanes of at least 4 members (excludes halogenated alkanes) is 1. The van der Waals surface area contributed by atoms with Gasteiger partial charge in [0.2, 0.25) is 5.91 Å². The molecule has 1 unspecified atom stereocenters. The number of carboxylic acid groups (broad SMARTS) is 1. The van der Waals surface area contributed by atoms with Gasteiger partial charge in [-0.15, -0.1) is 0 Å². The molecular formula is C26H38N2O6. The monoisotopic (exact) mass is 474 g/mol. The van der Waals surface area contributed by atoms with Gasteiger partial charge in [0.15, 0.2) is 0 Å². The fourth-order valence-electron chi connectivity index (χ4n) is 4.70. The van der Waals surface area contributed by atoms with Crippen LogP contribution >= 0.6 is 0 Å². The summed E-state index contributed by atoms with van der Waals surface area (Å²) in [6.07, 6.45) is 4.55.